The number of rotatable bonds is 5. The van der Waals surface area contributed by atoms with Gasteiger partial charge in [-0.05, 0) is 12.5 Å². The minimum absolute atomic E-state index is 0.0192. The van der Waals surface area contributed by atoms with Crippen LogP contribution in [-0.4, -0.2) is 31.6 Å². The fourth-order valence-corrected chi connectivity index (χ4v) is 1.77. The molecule has 100 valence electrons. The van der Waals surface area contributed by atoms with Crippen LogP contribution in [0.4, 0.5) is 0 Å². The highest BCUT2D eigenvalue weighted by atomic mass is 16.3. The van der Waals surface area contributed by atoms with Crippen molar-refractivity contribution in [3.63, 3.8) is 0 Å². The second kappa shape index (κ2) is 5.99. The fourth-order valence-electron chi connectivity index (χ4n) is 1.77. The Bertz CT molecular complexity index is 539. The van der Waals surface area contributed by atoms with Gasteiger partial charge in [0.25, 0.3) is 5.91 Å². The number of hydrogen-bond donors (Lipinski definition) is 2. The Labute approximate surface area is 111 Å². The lowest BCUT2D eigenvalue weighted by molar-refractivity contribution is 0.0929. The molecule has 2 heterocycles. The monoisotopic (exact) mass is 260 g/mol. The average molecular weight is 260 g/mol. The van der Waals surface area contributed by atoms with Crippen molar-refractivity contribution in [1.82, 2.24) is 19.9 Å². The molecule has 0 bridgehead atoms. The summed E-state index contributed by atoms with van der Waals surface area (Å²) in [7, 11) is 0. The van der Waals surface area contributed by atoms with Gasteiger partial charge in [0.15, 0.2) is 0 Å². The molecule has 0 aromatic carbocycles. The summed E-state index contributed by atoms with van der Waals surface area (Å²) in [5.74, 6) is -0.413. The van der Waals surface area contributed by atoms with E-state index < -0.39 is 0 Å². The first-order chi connectivity index (χ1) is 9.20. The van der Waals surface area contributed by atoms with Crippen LogP contribution in [0, 0.1) is 0 Å². The van der Waals surface area contributed by atoms with Gasteiger partial charge in [0.1, 0.15) is 5.75 Å². The molecule has 6 heteroatoms. The zero-order chi connectivity index (χ0) is 13.7. The van der Waals surface area contributed by atoms with Crippen molar-refractivity contribution in [3.8, 4) is 5.75 Å². The predicted molar refractivity (Wildman–Crippen MR) is 69.7 cm³/mol. The Kier molecular flexibility index (Phi) is 4.12. The van der Waals surface area contributed by atoms with Crippen molar-refractivity contribution in [2.45, 2.75) is 25.9 Å². The molecule has 0 spiro atoms. The van der Waals surface area contributed by atoms with Crippen molar-refractivity contribution in [1.29, 1.82) is 0 Å². The SMILES string of the molecule is CCC(Cn1ccnc1)NC(=O)c1ccncc1O. The van der Waals surface area contributed by atoms with E-state index in [4.69, 9.17) is 0 Å². The molecule has 0 aliphatic carbocycles. The molecular formula is C13H16N4O2. The van der Waals surface area contributed by atoms with E-state index in [0.717, 1.165) is 6.42 Å². The maximum absolute atomic E-state index is 12.0. The number of nitrogens with one attached hydrogen (secondary N) is 1. The predicted octanol–water partition coefficient (Wildman–Crippen LogP) is 1.19. The summed E-state index contributed by atoms with van der Waals surface area (Å²) in [4.78, 5) is 19.7. The Balaban J connectivity index is 2.02. The van der Waals surface area contributed by atoms with E-state index in [2.05, 4.69) is 15.3 Å². The minimum Gasteiger partial charge on any atom is -0.505 e. The van der Waals surface area contributed by atoms with Gasteiger partial charge in [0, 0.05) is 31.2 Å². The average Bonchev–Trinajstić information content (AvgIpc) is 2.91. The van der Waals surface area contributed by atoms with Crippen LogP contribution in [-0.2, 0) is 6.54 Å². The maximum atomic E-state index is 12.0. The van der Waals surface area contributed by atoms with Crippen molar-refractivity contribution in [2.75, 3.05) is 0 Å². The third kappa shape index (κ3) is 3.31. The molecule has 1 atom stereocenters. The molecule has 2 rings (SSSR count). The molecule has 0 saturated heterocycles. The topological polar surface area (TPSA) is 80.0 Å². The number of hydrogen-bond acceptors (Lipinski definition) is 4. The van der Waals surface area contributed by atoms with E-state index in [1.54, 1.807) is 12.5 Å². The molecule has 0 saturated carbocycles. The van der Waals surface area contributed by atoms with E-state index in [0.29, 0.717) is 6.54 Å². The molecule has 1 amide bonds. The van der Waals surface area contributed by atoms with E-state index >= 15 is 0 Å². The molecule has 2 N–H and O–H groups in total. The lowest BCUT2D eigenvalue weighted by Crippen LogP contribution is -2.37. The van der Waals surface area contributed by atoms with Crippen LogP contribution in [0.1, 0.15) is 23.7 Å². The Hall–Kier alpha value is -2.37. The Morgan fingerprint density at radius 2 is 2.32 bits per heavy atom. The summed E-state index contributed by atoms with van der Waals surface area (Å²) in [6, 6.07) is 1.48. The van der Waals surface area contributed by atoms with Crippen molar-refractivity contribution < 1.29 is 9.90 Å². The summed E-state index contributed by atoms with van der Waals surface area (Å²) >= 11 is 0. The van der Waals surface area contributed by atoms with Crippen molar-refractivity contribution >= 4 is 5.91 Å². The molecule has 1 unspecified atom stereocenters. The summed E-state index contributed by atoms with van der Waals surface area (Å²) in [5, 5.41) is 12.5. The highest BCUT2D eigenvalue weighted by Crippen LogP contribution is 2.14. The summed E-state index contributed by atoms with van der Waals surface area (Å²) in [6.45, 7) is 2.64. The molecular weight excluding hydrogens is 244 g/mol. The van der Waals surface area contributed by atoms with Gasteiger partial charge >= 0.3 is 0 Å². The van der Waals surface area contributed by atoms with Gasteiger partial charge in [-0.2, -0.15) is 0 Å². The second-order valence-electron chi connectivity index (χ2n) is 4.23. The van der Waals surface area contributed by atoms with Crippen molar-refractivity contribution in [3.05, 3.63) is 42.7 Å². The molecule has 0 radical (unpaired) electrons. The van der Waals surface area contributed by atoms with Gasteiger partial charge in [0.2, 0.25) is 0 Å². The molecule has 2 aromatic rings. The summed E-state index contributed by atoms with van der Waals surface area (Å²) < 4.78 is 1.90. The van der Waals surface area contributed by atoms with Crippen LogP contribution in [0.2, 0.25) is 0 Å². The largest absolute Gasteiger partial charge is 0.505 e. The molecule has 2 aromatic heterocycles. The van der Waals surface area contributed by atoms with Crippen LogP contribution in [0.25, 0.3) is 0 Å². The van der Waals surface area contributed by atoms with Gasteiger partial charge in [-0.25, -0.2) is 4.98 Å². The van der Waals surface area contributed by atoms with Gasteiger partial charge in [-0.3, -0.25) is 9.78 Å². The van der Waals surface area contributed by atoms with Crippen molar-refractivity contribution in [2.24, 2.45) is 0 Å². The first-order valence-electron chi connectivity index (χ1n) is 6.10. The maximum Gasteiger partial charge on any atom is 0.255 e. The zero-order valence-electron chi connectivity index (χ0n) is 10.7. The number of nitrogens with zero attached hydrogens (tertiary/aromatic N) is 3. The lowest BCUT2D eigenvalue weighted by atomic mass is 10.2. The standard InChI is InChI=1S/C13H16N4O2/c1-2-10(8-17-6-5-15-9-17)16-13(19)11-3-4-14-7-12(11)18/h3-7,9-10,18H,2,8H2,1H3,(H,16,19). The second-order valence-corrected chi connectivity index (χ2v) is 4.23. The molecule has 0 aliphatic heterocycles. The number of carbonyl (C=O) groups is 1. The summed E-state index contributed by atoms with van der Waals surface area (Å²) in [5.41, 5.74) is 0.235. The highest BCUT2D eigenvalue weighted by Gasteiger charge is 2.15. The third-order valence-corrected chi connectivity index (χ3v) is 2.86. The highest BCUT2D eigenvalue weighted by molar-refractivity contribution is 5.96. The zero-order valence-corrected chi connectivity index (χ0v) is 10.7. The Morgan fingerprint density at radius 3 is 2.95 bits per heavy atom. The number of aromatic hydroxyl groups is 1. The van der Waals surface area contributed by atoms with Gasteiger partial charge < -0.3 is 15.0 Å². The van der Waals surface area contributed by atoms with E-state index in [1.165, 1.54) is 18.5 Å². The minimum atomic E-state index is -0.299. The third-order valence-electron chi connectivity index (χ3n) is 2.86. The first-order valence-corrected chi connectivity index (χ1v) is 6.10. The number of amides is 1. The molecule has 0 fully saturated rings. The van der Waals surface area contributed by atoms with Crippen LogP contribution < -0.4 is 5.32 Å². The van der Waals surface area contributed by atoms with Gasteiger partial charge in [0.05, 0.1) is 18.1 Å². The fraction of sp³-hybridized carbons (Fsp3) is 0.308. The first kappa shape index (κ1) is 13.1. The van der Waals surface area contributed by atoms with Gasteiger partial charge in [-0.15, -0.1) is 0 Å². The van der Waals surface area contributed by atoms with E-state index in [9.17, 15) is 9.90 Å². The van der Waals surface area contributed by atoms with Crippen LogP contribution in [0.3, 0.4) is 0 Å². The normalized spacial score (nSPS) is 12.1. The van der Waals surface area contributed by atoms with Gasteiger partial charge in [-0.1, -0.05) is 6.92 Å². The van der Waals surface area contributed by atoms with Crippen LogP contribution in [0.15, 0.2) is 37.2 Å². The quantitative estimate of drug-likeness (QED) is 0.846. The van der Waals surface area contributed by atoms with Crippen LogP contribution in [0.5, 0.6) is 5.75 Å². The number of carbonyl (C=O) groups excluding carboxylic acids is 1. The van der Waals surface area contributed by atoms with E-state index in [1.807, 2.05) is 17.7 Å². The molecule has 0 aliphatic rings. The smallest absolute Gasteiger partial charge is 0.255 e. The number of imidazole rings is 1. The number of aromatic nitrogens is 3. The molecule has 19 heavy (non-hydrogen) atoms. The summed E-state index contributed by atoms with van der Waals surface area (Å²) in [6.07, 6.45) is 8.77. The van der Waals surface area contributed by atoms with E-state index in [-0.39, 0.29) is 23.3 Å². The number of pyridine rings is 1. The molecule has 6 nitrogen and oxygen atoms in total. The Morgan fingerprint density at radius 1 is 1.47 bits per heavy atom. The van der Waals surface area contributed by atoms with Crippen LogP contribution >= 0.6 is 0 Å². The lowest BCUT2D eigenvalue weighted by Gasteiger charge is -2.17.